The third-order valence-corrected chi connectivity index (χ3v) is 3.52. The van der Waals surface area contributed by atoms with Crippen LogP contribution < -0.4 is 5.32 Å². The highest BCUT2D eigenvalue weighted by Gasteiger charge is 2.36. The van der Waals surface area contributed by atoms with E-state index in [4.69, 9.17) is 4.74 Å². The Hall–Kier alpha value is -1.62. The molecule has 0 aliphatic heterocycles. The molecule has 1 saturated carbocycles. The largest absolute Gasteiger partial charge is 0.382 e. The summed E-state index contributed by atoms with van der Waals surface area (Å²) in [6, 6.07) is 5.42. The molecule has 1 N–H and O–H groups in total. The Bertz CT molecular complexity index is 462. The lowest BCUT2D eigenvalue weighted by molar-refractivity contribution is -0.384. The SMILES string of the molecule is CCCC1CC1Nc1ccc([N+](=O)[O-])cc1COC. The van der Waals surface area contributed by atoms with Crippen LogP contribution in [0.2, 0.25) is 0 Å². The number of hydrogen-bond acceptors (Lipinski definition) is 4. The third kappa shape index (κ3) is 3.44. The molecule has 1 aromatic carbocycles. The van der Waals surface area contributed by atoms with E-state index in [0.717, 1.165) is 17.2 Å². The average Bonchev–Trinajstić information content (AvgIpc) is 3.10. The fourth-order valence-corrected chi connectivity index (χ4v) is 2.42. The molecule has 0 heterocycles. The zero-order valence-corrected chi connectivity index (χ0v) is 11.4. The Balaban J connectivity index is 2.09. The van der Waals surface area contributed by atoms with Crippen LogP contribution in [0.15, 0.2) is 18.2 Å². The van der Waals surface area contributed by atoms with Crippen molar-refractivity contribution in [1.29, 1.82) is 0 Å². The molecule has 1 aliphatic carbocycles. The van der Waals surface area contributed by atoms with E-state index < -0.39 is 0 Å². The average molecular weight is 264 g/mol. The molecule has 2 unspecified atom stereocenters. The predicted molar refractivity (Wildman–Crippen MR) is 74.2 cm³/mol. The van der Waals surface area contributed by atoms with Crippen molar-refractivity contribution in [1.82, 2.24) is 0 Å². The molecular weight excluding hydrogens is 244 g/mol. The fraction of sp³-hybridized carbons (Fsp3) is 0.571. The molecule has 0 spiro atoms. The van der Waals surface area contributed by atoms with E-state index in [9.17, 15) is 10.1 Å². The van der Waals surface area contributed by atoms with E-state index in [-0.39, 0.29) is 10.6 Å². The van der Waals surface area contributed by atoms with Crippen molar-refractivity contribution in [2.24, 2.45) is 5.92 Å². The van der Waals surface area contributed by atoms with Gasteiger partial charge in [-0.1, -0.05) is 13.3 Å². The van der Waals surface area contributed by atoms with E-state index in [1.54, 1.807) is 25.3 Å². The molecule has 104 valence electrons. The monoisotopic (exact) mass is 264 g/mol. The van der Waals surface area contributed by atoms with Gasteiger partial charge in [-0.25, -0.2) is 0 Å². The summed E-state index contributed by atoms with van der Waals surface area (Å²) < 4.78 is 5.12. The van der Waals surface area contributed by atoms with Crippen LogP contribution in [0.4, 0.5) is 11.4 Å². The molecule has 5 nitrogen and oxygen atoms in total. The molecule has 0 aromatic heterocycles. The molecule has 5 heteroatoms. The van der Waals surface area contributed by atoms with Crippen molar-refractivity contribution < 1.29 is 9.66 Å². The van der Waals surface area contributed by atoms with Crippen LogP contribution in [0.1, 0.15) is 31.7 Å². The van der Waals surface area contributed by atoms with Gasteiger partial charge in [0, 0.05) is 36.5 Å². The van der Waals surface area contributed by atoms with Crippen molar-refractivity contribution >= 4 is 11.4 Å². The molecule has 0 saturated heterocycles. The summed E-state index contributed by atoms with van der Waals surface area (Å²) in [6.45, 7) is 2.58. The van der Waals surface area contributed by atoms with Gasteiger partial charge >= 0.3 is 0 Å². The highest BCUT2D eigenvalue weighted by molar-refractivity contribution is 5.57. The number of hydrogen-bond donors (Lipinski definition) is 1. The number of methoxy groups -OCH3 is 1. The minimum Gasteiger partial charge on any atom is -0.382 e. The Morgan fingerprint density at radius 3 is 2.95 bits per heavy atom. The lowest BCUT2D eigenvalue weighted by Gasteiger charge is -2.11. The highest BCUT2D eigenvalue weighted by atomic mass is 16.6. The minimum atomic E-state index is -0.375. The van der Waals surface area contributed by atoms with Crippen molar-refractivity contribution in [2.75, 3.05) is 12.4 Å². The molecule has 0 radical (unpaired) electrons. The van der Waals surface area contributed by atoms with Gasteiger partial charge in [0.2, 0.25) is 0 Å². The molecule has 1 aromatic rings. The zero-order chi connectivity index (χ0) is 13.8. The van der Waals surface area contributed by atoms with Gasteiger partial charge in [-0.3, -0.25) is 10.1 Å². The molecule has 19 heavy (non-hydrogen) atoms. The van der Waals surface area contributed by atoms with Crippen LogP contribution in [0, 0.1) is 16.0 Å². The van der Waals surface area contributed by atoms with Gasteiger partial charge in [0.25, 0.3) is 5.69 Å². The van der Waals surface area contributed by atoms with E-state index in [1.807, 2.05) is 0 Å². The first-order chi connectivity index (χ1) is 9.15. The maximum Gasteiger partial charge on any atom is 0.269 e. The number of nitro benzene ring substituents is 1. The quantitative estimate of drug-likeness (QED) is 0.606. The van der Waals surface area contributed by atoms with Crippen molar-refractivity contribution in [3.63, 3.8) is 0 Å². The lowest BCUT2D eigenvalue weighted by atomic mass is 10.1. The predicted octanol–water partition coefficient (Wildman–Crippen LogP) is 3.34. The highest BCUT2D eigenvalue weighted by Crippen LogP contribution is 2.38. The summed E-state index contributed by atoms with van der Waals surface area (Å²) >= 11 is 0. The van der Waals surface area contributed by atoms with E-state index in [0.29, 0.717) is 12.6 Å². The van der Waals surface area contributed by atoms with Crippen LogP contribution in [-0.2, 0) is 11.3 Å². The van der Waals surface area contributed by atoms with Crippen LogP contribution in [0.25, 0.3) is 0 Å². The number of nitro groups is 1. The Morgan fingerprint density at radius 2 is 2.32 bits per heavy atom. The standard InChI is InChI=1S/C14H20N2O3/c1-3-4-10-8-14(10)15-13-6-5-12(16(17)18)7-11(13)9-19-2/h5-7,10,14-15H,3-4,8-9H2,1-2H3. The molecule has 1 fully saturated rings. The number of non-ortho nitro benzene ring substituents is 1. The number of benzene rings is 1. The topological polar surface area (TPSA) is 64.4 Å². The van der Waals surface area contributed by atoms with Crippen molar-refractivity contribution in [3.05, 3.63) is 33.9 Å². The van der Waals surface area contributed by atoms with E-state index >= 15 is 0 Å². The Labute approximate surface area is 113 Å². The van der Waals surface area contributed by atoms with Crippen molar-refractivity contribution in [3.8, 4) is 0 Å². The summed E-state index contributed by atoms with van der Waals surface area (Å²) in [7, 11) is 1.60. The van der Waals surface area contributed by atoms with Gasteiger partial charge in [0.15, 0.2) is 0 Å². The summed E-state index contributed by atoms with van der Waals surface area (Å²) in [6.07, 6.45) is 3.63. The first kappa shape index (κ1) is 13.8. The number of anilines is 1. The van der Waals surface area contributed by atoms with Crippen LogP contribution in [0.3, 0.4) is 0 Å². The lowest BCUT2D eigenvalue weighted by Crippen LogP contribution is -2.08. The summed E-state index contributed by atoms with van der Waals surface area (Å²) in [5, 5.41) is 14.3. The van der Waals surface area contributed by atoms with Crippen molar-refractivity contribution in [2.45, 2.75) is 38.8 Å². The smallest absolute Gasteiger partial charge is 0.269 e. The first-order valence-electron chi connectivity index (χ1n) is 6.68. The van der Waals surface area contributed by atoms with Gasteiger partial charge in [-0.15, -0.1) is 0 Å². The maximum absolute atomic E-state index is 10.8. The van der Waals surface area contributed by atoms with Gasteiger partial charge in [0.1, 0.15) is 0 Å². The Morgan fingerprint density at radius 1 is 1.53 bits per heavy atom. The van der Waals surface area contributed by atoms with Gasteiger partial charge < -0.3 is 10.1 Å². The van der Waals surface area contributed by atoms with Crippen LogP contribution in [-0.4, -0.2) is 18.1 Å². The fourth-order valence-electron chi connectivity index (χ4n) is 2.42. The molecular formula is C14H20N2O3. The molecule has 1 aliphatic rings. The molecule has 0 bridgehead atoms. The molecule has 2 atom stereocenters. The van der Waals surface area contributed by atoms with E-state index in [2.05, 4.69) is 12.2 Å². The molecule has 0 amide bonds. The third-order valence-electron chi connectivity index (χ3n) is 3.52. The normalized spacial score (nSPS) is 21.2. The van der Waals surface area contributed by atoms with Crippen LogP contribution in [0.5, 0.6) is 0 Å². The minimum absolute atomic E-state index is 0.110. The van der Waals surface area contributed by atoms with Gasteiger partial charge in [0.05, 0.1) is 11.5 Å². The zero-order valence-electron chi connectivity index (χ0n) is 11.4. The van der Waals surface area contributed by atoms with Gasteiger partial charge in [-0.05, 0) is 24.8 Å². The number of nitrogens with one attached hydrogen (secondary N) is 1. The van der Waals surface area contributed by atoms with E-state index in [1.165, 1.54) is 19.3 Å². The number of nitrogens with zero attached hydrogens (tertiary/aromatic N) is 1. The Kier molecular flexibility index (Phi) is 4.37. The second-order valence-corrected chi connectivity index (χ2v) is 5.07. The van der Waals surface area contributed by atoms with Crippen LogP contribution >= 0.6 is 0 Å². The second-order valence-electron chi connectivity index (χ2n) is 5.07. The summed E-state index contributed by atoms with van der Waals surface area (Å²) in [5.41, 5.74) is 1.91. The maximum atomic E-state index is 10.8. The number of rotatable bonds is 7. The van der Waals surface area contributed by atoms with Gasteiger partial charge in [-0.2, -0.15) is 0 Å². The summed E-state index contributed by atoms with van der Waals surface area (Å²) in [5.74, 6) is 0.746. The number of ether oxygens (including phenoxy) is 1. The summed E-state index contributed by atoms with van der Waals surface area (Å²) in [4.78, 5) is 10.4. The molecule has 2 rings (SSSR count). The first-order valence-corrected chi connectivity index (χ1v) is 6.68. The second kappa shape index (κ2) is 6.02.